The minimum Gasteiger partial charge on any atom is -0.369 e. The Morgan fingerprint density at radius 2 is 2.06 bits per heavy atom. The van der Waals surface area contributed by atoms with Gasteiger partial charge in [0.15, 0.2) is 0 Å². The Labute approximate surface area is 113 Å². The molecule has 2 rings (SSSR count). The normalized spacial score (nSPS) is 19.2. The summed E-state index contributed by atoms with van der Waals surface area (Å²) in [6.07, 6.45) is 6.48. The van der Waals surface area contributed by atoms with Crippen molar-refractivity contribution in [3.05, 3.63) is 29.8 Å². The van der Waals surface area contributed by atoms with Gasteiger partial charge in [0.25, 0.3) is 0 Å². The molecular weight excluding hydrogens is 274 g/mol. The fourth-order valence-electron chi connectivity index (χ4n) is 2.65. The van der Waals surface area contributed by atoms with E-state index in [2.05, 4.69) is 52.0 Å². The number of rotatable bonds is 5. The molecule has 2 heteroatoms. The maximum absolute atomic E-state index is 3.50. The molecule has 1 aromatic rings. The van der Waals surface area contributed by atoms with Gasteiger partial charge >= 0.3 is 0 Å². The van der Waals surface area contributed by atoms with Gasteiger partial charge in [-0.3, -0.25) is 0 Å². The van der Waals surface area contributed by atoms with Crippen molar-refractivity contribution >= 4 is 21.6 Å². The molecule has 1 heterocycles. The monoisotopic (exact) mass is 295 g/mol. The zero-order valence-corrected chi connectivity index (χ0v) is 12.2. The average Bonchev–Trinajstić information content (AvgIpc) is 2.37. The zero-order chi connectivity index (χ0) is 12.1. The molecule has 0 saturated carbocycles. The molecule has 0 saturated heterocycles. The fraction of sp³-hybridized carbons (Fsp3) is 0.600. The summed E-state index contributed by atoms with van der Waals surface area (Å²) in [4.78, 5) is 2.60. The number of fused-ring (bicyclic) bond motifs is 1. The Morgan fingerprint density at radius 3 is 2.88 bits per heavy atom. The SMILES string of the molecule is CC1CCc2ccccc2N1CCCCCBr. The third-order valence-corrected chi connectivity index (χ3v) is 4.26. The second kappa shape index (κ2) is 6.44. The molecule has 0 N–H and O–H groups in total. The van der Waals surface area contributed by atoms with Crippen LogP contribution in [0.5, 0.6) is 0 Å². The summed E-state index contributed by atoms with van der Waals surface area (Å²) in [7, 11) is 0. The van der Waals surface area contributed by atoms with Crippen molar-refractivity contribution in [2.45, 2.75) is 45.1 Å². The molecule has 17 heavy (non-hydrogen) atoms. The van der Waals surface area contributed by atoms with Crippen molar-refractivity contribution in [1.82, 2.24) is 0 Å². The first-order valence-corrected chi connectivity index (χ1v) is 7.85. The van der Waals surface area contributed by atoms with Crippen LogP contribution >= 0.6 is 15.9 Å². The van der Waals surface area contributed by atoms with Crippen LogP contribution < -0.4 is 4.90 Å². The quantitative estimate of drug-likeness (QED) is 0.575. The Bertz CT molecular complexity index is 351. The number of para-hydroxylation sites is 1. The van der Waals surface area contributed by atoms with Crippen LogP contribution in [0.1, 0.15) is 38.2 Å². The largest absolute Gasteiger partial charge is 0.369 e. The van der Waals surface area contributed by atoms with Crippen LogP contribution in [0.15, 0.2) is 24.3 Å². The highest BCUT2D eigenvalue weighted by Gasteiger charge is 2.21. The van der Waals surface area contributed by atoms with Crippen LogP contribution in [-0.4, -0.2) is 17.9 Å². The first-order chi connectivity index (χ1) is 8.33. The molecular formula is C15H22BrN. The zero-order valence-electron chi connectivity index (χ0n) is 10.7. The van der Waals surface area contributed by atoms with E-state index in [0.717, 1.165) is 5.33 Å². The summed E-state index contributed by atoms with van der Waals surface area (Å²) in [6, 6.07) is 9.61. The van der Waals surface area contributed by atoms with E-state index >= 15 is 0 Å². The van der Waals surface area contributed by atoms with Crippen LogP contribution in [0.25, 0.3) is 0 Å². The molecule has 1 atom stereocenters. The molecule has 1 nitrogen and oxygen atoms in total. The van der Waals surface area contributed by atoms with Crippen molar-refractivity contribution < 1.29 is 0 Å². The van der Waals surface area contributed by atoms with Crippen LogP contribution in [0.4, 0.5) is 5.69 Å². The van der Waals surface area contributed by atoms with Crippen LogP contribution in [0, 0.1) is 0 Å². The minimum absolute atomic E-state index is 0.703. The van der Waals surface area contributed by atoms with Crippen molar-refractivity contribution in [2.75, 3.05) is 16.8 Å². The van der Waals surface area contributed by atoms with Crippen molar-refractivity contribution in [2.24, 2.45) is 0 Å². The highest BCUT2D eigenvalue weighted by atomic mass is 79.9. The van der Waals surface area contributed by atoms with Crippen molar-refractivity contribution in [3.8, 4) is 0 Å². The molecule has 0 fully saturated rings. The third-order valence-electron chi connectivity index (χ3n) is 3.70. The van der Waals surface area contributed by atoms with E-state index in [1.54, 1.807) is 0 Å². The van der Waals surface area contributed by atoms with E-state index in [0.29, 0.717) is 6.04 Å². The lowest BCUT2D eigenvalue weighted by Crippen LogP contribution is -2.37. The number of nitrogens with zero attached hydrogens (tertiary/aromatic N) is 1. The van der Waals surface area contributed by atoms with Gasteiger partial charge in [-0.2, -0.15) is 0 Å². The van der Waals surface area contributed by atoms with E-state index < -0.39 is 0 Å². The lowest BCUT2D eigenvalue weighted by molar-refractivity contribution is 0.544. The van der Waals surface area contributed by atoms with Crippen LogP contribution in [0.2, 0.25) is 0 Å². The Hall–Kier alpha value is -0.500. The second-order valence-corrected chi connectivity index (χ2v) is 5.75. The summed E-state index contributed by atoms with van der Waals surface area (Å²) in [5.41, 5.74) is 3.01. The molecule has 1 aliphatic rings. The average molecular weight is 296 g/mol. The number of hydrogen-bond donors (Lipinski definition) is 0. The van der Waals surface area contributed by atoms with Gasteiger partial charge in [-0.25, -0.2) is 0 Å². The summed E-state index contributed by atoms with van der Waals surface area (Å²) < 4.78 is 0. The van der Waals surface area contributed by atoms with E-state index in [9.17, 15) is 0 Å². The summed E-state index contributed by atoms with van der Waals surface area (Å²) >= 11 is 3.50. The number of anilines is 1. The number of unbranched alkanes of at least 4 members (excludes halogenated alkanes) is 2. The number of aryl methyl sites for hydroxylation is 1. The maximum atomic E-state index is 3.50. The first-order valence-electron chi connectivity index (χ1n) is 6.73. The Kier molecular flexibility index (Phi) is 4.90. The fourth-order valence-corrected chi connectivity index (χ4v) is 3.05. The second-order valence-electron chi connectivity index (χ2n) is 4.96. The number of benzene rings is 1. The minimum atomic E-state index is 0.703. The molecule has 0 amide bonds. The third kappa shape index (κ3) is 3.25. The predicted octanol–water partition coefficient (Wildman–Crippen LogP) is 4.39. The molecule has 0 bridgehead atoms. The molecule has 0 radical (unpaired) electrons. The van der Waals surface area contributed by atoms with Crippen LogP contribution in [0.3, 0.4) is 0 Å². The molecule has 1 aliphatic heterocycles. The molecule has 1 aromatic carbocycles. The van der Waals surface area contributed by atoms with Gasteiger partial charge in [0, 0.05) is 23.6 Å². The van der Waals surface area contributed by atoms with Crippen LogP contribution in [-0.2, 0) is 6.42 Å². The smallest absolute Gasteiger partial charge is 0.0401 e. The van der Waals surface area contributed by atoms with Gasteiger partial charge in [-0.1, -0.05) is 40.5 Å². The van der Waals surface area contributed by atoms with E-state index in [4.69, 9.17) is 0 Å². The summed E-state index contributed by atoms with van der Waals surface area (Å²) in [5, 5.41) is 1.14. The highest BCUT2D eigenvalue weighted by Crippen LogP contribution is 2.30. The Balaban J connectivity index is 2.00. The van der Waals surface area contributed by atoms with Crippen molar-refractivity contribution in [3.63, 3.8) is 0 Å². The predicted molar refractivity (Wildman–Crippen MR) is 79.2 cm³/mol. The lowest BCUT2D eigenvalue weighted by atomic mass is 9.96. The number of alkyl halides is 1. The standard InChI is InChI=1S/C15H22BrN/c1-13-9-10-14-7-3-4-8-15(14)17(13)12-6-2-5-11-16/h3-4,7-8,13H,2,5-6,9-12H2,1H3. The number of halogens is 1. The molecule has 0 aromatic heterocycles. The first kappa shape index (κ1) is 12.9. The molecule has 1 unspecified atom stereocenters. The van der Waals surface area contributed by atoms with Gasteiger partial charge in [0.1, 0.15) is 0 Å². The molecule has 0 aliphatic carbocycles. The Morgan fingerprint density at radius 1 is 1.24 bits per heavy atom. The number of hydrogen-bond acceptors (Lipinski definition) is 1. The van der Waals surface area contributed by atoms with E-state index in [-0.39, 0.29) is 0 Å². The van der Waals surface area contributed by atoms with Gasteiger partial charge in [0.2, 0.25) is 0 Å². The summed E-state index contributed by atoms with van der Waals surface area (Å²) in [6.45, 7) is 3.58. The van der Waals surface area contributed by atoms with Gasteiger partial charge in [-0.05, 0) is 44.2 Å². The maximum Gasteiger partial charge on any atom is 0.0401 e. The van der Waals surface area contributed by atoms with Gasteiger partial charge < -0.3 is 4.90 Å². The topological polar surface area (TPSA) is 3.24 Å². The lowest BCUT2D eigenvalue weighted by Gasteiger charge is -2.37. The molecule has 0 spiro atoms. The highest BCUT2D eigenvalue weighted by molar-refractivity contribution is 9.09. The van der Waals surface area contributed by atoms with Crippen molar-refractivity contribution in [1.29, 1.82) is 0 Å². The molecule has 94 valence electrons. The van der Waals surface area contributed by atoms with Gasteiger partial charge in [0.05, 0.1) is 0 Å². The van der Waals surface area contributed by atoms with E-state index in [1.807, 2.05) is 0 Å². The summed E-state index contributed by atoms with van der Waals surface area (Å²) in [5.74, 6) is 0. The van der Waals surface area contributed by atoms with Gasteiger partial charge in [-0.15, -0.1) is 0 Å². The van der Waals surface area contributed by atoms with E-state index in [1.165, 1.54) is 49.9 Å².